The second kappa shape index (κ2) is 9.54. The van der Waals surface area contributed by atoms with Gasteiger partial charge in [0.25, 0.3) is 5.91 Å². The minimum absolute atomic E-state index is 0.0665. The number of nitrogens with zero attached hydrogens (tertiary/aromatic N) is 2. The highest BCUT2D eigenvalue weighted by atomic mass is 16.5. The summed E-state index contributed by atoms with van der Waals surface area (Å²) in [4.78, 5) is 29.5. The van der Waals surface area contributed by atoms with Crippen molar-refractivity contribution in [2.24, 2.45) is 0 Å². The lowest BCUT2D eigenvalue weighted by atomic mass is 10.2. The number of ether oxygens (including phenoxy) is 1. The van der Waals surface area contributed by atoms with Gasteiger partial charge in [0.05, 0.1) is 17.1 Å². The molecule has 0 bridgehead atoms. The maximum Gasteiger partial charge on any atom is 0.251 e. The maximum absolute atomic E-state index is 12.5. The summed E-state index contributed by atoms with van der Waals surface area (Å²) in [5.74, 6) is 0.590. The van der Waals surface area contributed by atoms with E-state index in [0.717, 1.165) is 36.3 Å². The summed E-state index contributed by atoms with van der Waals surface area (Å²) in [5.41, 5.74) is 2.38. The molecule has 1 aliphatic rings. The predicted molar refractivity (Wildman–Crippen MR) is 114 cm³/mol. The lowest BCUT2D eigenvalue weighted by molar-refractivity contribution is -0.122. The van der Waals surface area contributed by atoms with Crippen LogP contribution < -0.4 is 10.6 Å². The zero-order valence-electron chi connectivity index (χ0n) is 16.8. The van der Waals surface area contributed by atoms with Crippen LogP contribution in [0.4, 0.5) is 0 Å². The molecule has 2 aromatic carbocycles. The molecule has 2 heterocycles. The largest absolute Gasteiger partial charge is 0.376 e. The first kappa shape index (κ1) is 20.1. The Hall–Kier alpha value is -3.19. The van der Waals surface area contributed by atoms with Crippen molar-refractivity contribution in [3.63, 3.8) is 0 Å². The van der Waals surface area contributed by atoms with Crippen LogP contribution in [0.25, 0.3) is 11.0 Å². The molecule has 0 aliphatic carbocycles. The molecule has 1 aliphatic heterocycles. The van der Waals surface area contributed by atoms with Gasteiger partial charge in [0.1, 0.15) is 12.4 Å². The molecule has 2 amide bonds. The molecule has 156 valence electrons. The average Bonchev–Trinajstić information content (AvgIpc) is 3.41. The van der Waals surface area contributed by atoms with Gasteiger partial charge in [-0.1, -0.05) is 30.3 Å². The van der Waals surface area contributed by atoms with Crippen LogP contribution in [0.15, 0.2) is 54.6 Å². The molecule has 2 N–H and O–H groups in total. The number of fused-ring (bicyclic) bond motifs is 1. The Morgan fingerprint density at radius 1 is 1.07 bits per heavy atom. The fourth-order valence-electron chi connectivity index (χ4n) is 3.70. The van der Waals surface area contributed by atoms with E-state index < -0.39 is 0 Å². The van der Waals surface area contributed by atoms with E-state index in [1.54, 1.807) is 12.1 Å². The molecule has 1 unspecified atom stereocenters. The van der Waals surface area contributed by atoms with Gasteiger partial charge in [-0.2, -0.15) is 0 Å². The lowest BCUT2D eigenvalue weighted by Gasteiger charge is -2.13. The number of carbonyl (C=O) groups is 2. The third-order valence-electron chi connectivity index (χ3n) is 5.26. The summed E-state index contributed by atoms with van der Waals surface area (Å²) in [6, 6.07) is 16.9. The van der Waals surface area contributed by atoms with Gasteiger partial charge >= 0.3 is 0 Å². The van der Waals surface area contributed by atoms with E-state index in [0.29, 0.717) is 25.1 Å². The molecule has 1 saturated heterocycles. The van der Waals surface area contributed by atoms with E-state index >= 15 is 0 Å². The van der Waals surface area contributed by atoms with Crippen molar-refractivity contribution in [1.29, 1.82) is 0 Å². The van der Waals surface area contributed by atoms with Crippen molar-refractivity contribution < 1.29 is 14.3 Å². The number of carbonyl (C=O) groups excluding carboxylic acids is 2. The van der Waals surface area contributed by atoms with Crippen molar-refractivity contribution in [1.82, 2.24) is 20.2 Å². The van der Waals surface area contributed by atoms with Crippen molar-refractivity contribution in [2.45, 2.75) is 31.9 Å². The molecular weight excluding hydrogens is 380 g/mol. The zero-order valence-corrected chi connectivity index (χ0v) is 16.8. The van der Waals surface area contributed by atoms with E-state index in [4.69, 9.17) is 4.74 Å². The highest BCUT2D eigenvalue weighted by molar-refractivity contribution is 5.94. The Labute approximate surface area is 175 Å². The quantitative estimate of drug-likeness (QED) is 0.601. The number of benzene rings is 2. The van der Waals surface area contributed by atoms with Gasteiger partial charge in [0.2, 0.25) is 5.91 Å². The monoisotopic (exact) mass is 406 g/mol. The van der Waals surface area contributed by atoms with Gasteiger partial charge in [-0.25, -0.2) is 4.98 Å². The van der Waals surface area contributed by atoms with E-state index in [9.17, 15) is 9.59 Å². The van der Waals surface area contributed by atoms with E-state index in [1.165, 1.54) is 0 Å². The topological polar surface area (TPSA) is 85.2 Å². The fourth-order valence-corrected chi connectivity index (χ4v) is 3.70. The highest BCUT2D eigenvalue weighted by Crippen LogP contribution is 2.16. The molecule has 0 saturated carbocycles. The van der Waals surface area contributed by atoms with Crippen LogP contribution in [-0.2, 0) is 22.5 Å². The normalized spacial score (nSPS) is 15.9. The number of rotatable bonds is 8. The molecule has 30 heavy (non-hydrogen) atoms. The van der Waals surface area contributed by atoms with Gasteiger partial charge in [-0.05, 0) is 37.1 Å². The second-order valence-corrected chi connectivity index (χ2v) is 7.41. The van der Waals surface area contributed by atoms with Crippen LogP contribution in [0, 0.1) is 0 Å². The smallest absolute Gasteiger partial charge is 0.251 e. The van der Waals surface area contributed by atoms with Crippen LogP contribution >= 0.6 is 0 Å². The average molecular weight is 406 g/mol. The maximum atomic E-state index is 12.5. The van der Waals surface area contributed by atoms with Crippen LogP contribution in [0.5, 0.6) is 0 Å². The minimum Gasteiger partial charge on any atom is -0.376 e. The summed E-state index contributed by atoms with van der Waals surface area (Å²) in [6.45, 7) is 1.93. The third kappa shape index (κ3) is 4.86. The highest BCUT2D eigenvalue weighted by Gasteiger charge is 2.18. The van der Waals surface area contributed by atoms with E-state index in [-0.39, 0.29) is 24.5 Å². The Bertz CT molecular complexity index is 1010. The fraction of sp³-hybridized carbons (Fsp3) is 0.348. The number of amides is 2. The van der Waals surface area contributed by atoms with Crippen molar-refractivity contribution >= 4 is 22.8 Å². The van der Waals surface area contributed by atoms with Crippen LogP contribution in [0.1, 0.15) is 29.0 Å². The molecule has 7 heteroatoms. The lowest BCUT2D eigenvalue weighted by Crippen LogP contribution is -2.34. The predicted octanol–water partition coefficient (Wildman–Crippen LogP) is 2.30. The first-order valence-electron chi connectivity index (χ1n) is 10.4. The van der Waals surface area contributed by atoms with Gasteiger partial charge in [0, 0.05) is 31.7 Å². The number of hydrogen-bond donors (Lipinski definition) is 2. The van der Waals surface area contributed by atoms with Gasteiger partial charge in [-0.3, -0.25) is 9.59 Å². The number of nitrogens with one attached hydrogen (secondary N) is 2. The first-order valence-corrected chi connectivity index (χ1v) is 10.4. The number of para-hydroxylation sites is 2. The molecule has 0 radical (unpaired) electrons. The van der Waals surface area contributed by atoms with Gasteiger partial charge in [0.15, 0.2) is 0 Å². The Morgan fingerprint density at radius 3 is 2.67 bits per heavy atom. The summed E-state index contributed by atoms with van der Waals surface area (Å²) in [6.07, 6.45) is 2.68. The number of aromatic nitrogens is 2. The van der Waals surface area contributed by atoms with E-state index in [2.05, 4.69) is 15.6 Å². The van der Waals surface area contributed by atoms with Crippen LogP contribution in [0.2, 0.25) is 0 Å². The van der Waals surface area contributed by atoms with Gasteiger partial charge < -0.3 is 19.9 Å². The Balaban J connectivity index is 1.40. The van der Waals surface area contributed by atoms with Crippen molar-refractivity contribution in [2.75, 3.05) is 19.7 Å². The molecule has 1 atom stereocenters. The van der Waals surface area contributed by atoms with Crippen molar-refractivity contribution in [3.05, 3.63) is 66.0 Å². The van der Waals surface area contributed by atoms with Crippen molar-refractivity contribution in [3.8, 4) is 0 Å². The third-order valence-corrected chi connectivity index (χ3v) is 5.26. The number of imidazole rings is 1. The minimum atomic E-state index is -0.118. The van der Waals surface area contributed by atoms with E-state index in [1.807, 2.05) is 47.0 Å². The zero-order chi connectivity index (χ0) is 20.8. The molecule has 1 aromatic heterocycles. The molecule has 3 aromatic rings. The molecular formula is C23H26N4O3. The molecule has 7 nitrogen and oxygen atoms in total. The summed E-state index contributed by atoms with van der Waals surface area (Å²) >= 11 is 0. The standard InChI is InChI=1S/C23H26N4O3/c28-22(25-15-18-9-6-14-30-18)16-27-20-11-5-4-10-19(20)26-21(27)12-13-24-23(29)17-7-2-1-3-8-17/h1-5,7-8,10-11,18H,6,9,12-16H2,(H,24,29)(H,25,28). The first-order chi connectivity index (χ1) is 14.7. The summed E-state index contributed by atoms with van der Waals surface area (Å²) < 4.78 is 7.50. The molecule has 4 rings (SSSR count). The van der Waals surface area contributed by atoms with Crippen LogP contribution in [0.3, 0.4) is 0 Å². The second-order valence-electron chi connectivity index (χ2n) is 7.41. The summed E-state index contributed by atoms with van der Waals surface area (Å²) in [7, 11) is 0. The summed E-state index contributed by atoms with van der Waals surface area (Å²) in [5, 5.41) is 5.89. The number of hydrogen-bond acceptors (Lipinski definition) is 4. The SMILES string of the molecule is O=C(Cn1c(CCNC(=O)c2ccccc2)nc2ccccc21)NCC1CCCO1. The Morgan fingerprint density at radius 2 is 1.87 bits per heavy atom. The molecule has 0 spiro atoms. The Kier molecular flexibility index (Phi) is 6.39. The van der Waals surface area contributed by atoms with Gasteiger partial charge in [-0.15, -0.1) is 0 Å². The molecule has 1 fully saturated rings. The van der Waals surface area contributed by atoms with Crippen LogP contribution in [-0.4, -0.2) is 47.2 Å².